The molecule has 0 atom stereocenters. The molecule has 1 N–H and O–H groups in total. The number of amides is 1. The fraction of sp³-hybridized carbons (Fsp3) is 0.375. The smallest absolute Gasteiger partial charge is 0.329 e. The summed E-state index contributed by atoms with van der Waals surface area (Å²) in [5, 5.41) is 9.64. The lowest BCUT2D eigenvalue weighted by Gasteiger charge is -2.31. The lowest BCUT2D eigenvalue weighted by atomic mass is 10.0. The maximum Gasteiger partial charge on any atom is 0.329 e. The van der Waals surface area contributed by atoms with E-state index in [0.717, 1.165) is 16.2 Å². The first-order valence-electron chi connectivity index (χ1n) is 6.92. The highest BCUT2D eigenvalue weighted by Crippen LogP contribution is 2.35. The first kappa shape index (κ1) is 17.4. The number of carboxylic acids is 1. The molecule has 7 heteroatoms. The average molecular weight is 339 g/mol. The minimum absolute atomic E-state index is 0.0728. The summed E-state index contributed by atoms with van der Waals surface area (Å²) in [6.07, 6.45) is 0. The van der Waals surface area contributed by atoms with Gasteiger partial charge in [0.25, 0.3) is 5.91 Å². The van der Waals surface area contributed by atoms with Gasteiger partial charge in [0, 0.05) is 29.8 Å². The number of hydrogen-bond donors (Lipinski definition) is 1. The topological polar surface area (TPSA) is 66.8 Å². The monoisotopic (exact) mass is 339 g/mol. The quantitative estimate of drug-likeness (QED) is 0.909. The molecule has 5 nitrogen and oxygen atoms in total. The van der Waals surface area contributed by atoms with Crippen molar-refractivity contribution in [1.82, 2.24) is 4.90 Å². The Morgan fingerprint density at radius 1 is 1.39 bits per heavy atom. The van der Waals surface area contributed by atoms with Crippen LogP contribution in [0.5, 0.6) is 0 Å². The third-order valence-corrected chi connectivity index (χ3v) is 5.10. The number of benzene rings is 1. The number of carbonyl (C=O) groups is 2. The molecular formula is C16H18FNO4S. The largest absolute Gasteiger partial charge is 0.480 e. The summed E-state index contributed by atoms with van der Waals surface area (Å²) in [5.74, 6) is -2.01. The highest BCUT2D eigenvalue weighted by Gasteiger charge is 2.37. The fourth-order valence-electron chi connectivity index (χ4n) is 2.17. The van der Waals surface area contributed by atoms with Crippen molar-refractivity contribution in [2.24, 2.45) is 0 Å². The highest BCUT2D eigenvalue weighted by atomic mass is 32.1. The van der Waals surface area contributed by atoms with E-state index in [1.807, 2.05) is 0 Å². The predicted molar refractivity (Wildman–Crippen MR) is 86.3 cm³/mol. The Hall–Kier alpha value is -1.99. The number of carbonyl (C=O) groups excluding carboxylic acids is 1. The van der Waals surface area contributed by atoms with Crippen LogP contribution in [0.4, 0.5) is 4.39 Å². The molecule has 0 saturated carbocycles. The van der Waals surface area contributed by atoms with Gasteiger partial charge in [-0.1, -0.05) is 6.07 Å². The van der Waals surface area contributed by atoms with Gasteiger partial charge in [-0.3, -0.25) is 4.79 Å². The van der Waals surface area contributed by atoms with Crippen molar-refractivity contribution in [1.29, 1.82) is 0 Å². The van der Waals surface area contributed by atoms with Crippen LogP contribution in [0.25, 0.3) is 10.1 Å². The Morgan fingerprint density at radius 3 is 2.61 bits per heavy atom. The molecule has 0 fully saturated rings. The Bertz CT molecular complexity index is 769. The lowest BCUT2D eigenvalue weighted by molar-refractivity contribution is -0.147. The Balaban J connectivity index is 2.59. The SMILES string of the molecule is COCc1c(C(=O)N(C)C(C)(C)C(=O)O)sc2cccc(F)c12. The van der Waals surface area contributed by atoms with Crippen molar-refractivity contribution >= 4 is 33.3 Å². The minimum Gasteiger partial charge on any atom is -0.480 e. The molecule has 1 amide bonds. The maximum atomic E-state index is 14.1. The number of halogens is 1. The van der Waals surface area contributed by atoms with Gasteiger partial charge in [-0.15, -0.1) is 11.3 Å². The standard InChI is InChI=1S/C16H18FNO4S/c1-16(2,15(20)21)18(3)14(19)13-9(8-22-4)12-10(17)6-5-7-11(12)23-13/h5-7H,8H2,1-4H3,(H,20,21). The summed E-state index contributed by atoms with van der Waals surface area (Å²) in [6.45, 7) is 2.96. The molecular weight excluding hydrogens is 321 g/mol. The zero-order valence-electron chi connectivity index (χ0n) is 13.3. The van der Waals surface area contributed by atoms with Crippen LogP contribution in [0.1, 0.15) is 29.1 Å². The molecule has 0 aliphatic rings. The molecule has 0 aliphatic heterocycles. The number of methoxy groups -OCH3 is 1. The van der Waals surface area contributed by atoms with E-state index in [1.54, 1.807) is 12.1 Å². The van der Waals surface area contributed by atoms with Crippen molar-refractivity contribution in [3.05, 3.63) is 34.5 Å². The summed E-state index contributed by atoms with van der Waals surface area (Å²) in [5.41, 5.74) is -0.931. The van der Waals surface area contributed by atoms with Crippen LogP contribution in [0, 0.1) is 5.82 Å². The first-order chi connectivity index (χ1) is 10.7. The Labute approximate surface area is 137 Å². The van der Waals surface area contributed by atoms with Gasteiger partial charge in [-0.25, -0.2) is 9.18 Å². The van der Waals surface area contributed by atoms with Crippen molar-refractivity contribution in [3.63, 3.8) is 0 Å². The van der Waals surface area contributed by atoms with Crippen molar-refractivity contribution < 1.29 is 23.8 Å². The molecule has 0 unspecified atom stereocenters. The van der Waals surface area contributed by atoms with Crippen LogP contribution in [0.2, 0.25) is 0 Å². The van der Waals surface area contributed by atoms with Gasteiger partial charge >= 0.3 is 5.97 Å². The van der Waals surface area contributed by atoms with Gasteiger partial charge in [0.15, 0.2) is 0 Å². The molecule has 0 radical (unpaired) electrons. The zero-order valence-corrected chi connectivity index (χ0v) is 14.2. The normalized spacial score (nSPS) is 11.7. The zero-order chi connectivity index (χ0) is 17.4. The number of thiophene rings is 1. The summed E-state index contributed by atoms with van der Waals surface area (Å²) in [7, 11) is 2.89. The van der Waals surface area contributed by atoms with Crippen LogP contribution in [-0.4, -0.2) is 41.6 Å². The Morgan fingerprint density at radius 2 is 2.04 bits per heavy atom. The van der Waals surface area contributed by atoms with Gasteiger partial charge in [0.2, 0.25) is 0 Å². The molecule has 23 heavy (non-hydrogen) atoms. The molecule has 0 bridgehead atoms. The van der Waals surface area contributed by atoms with Crippen LogP contribution in [-0.2, 0) is 16.1 Å². The molecule has 0 spiro atoms. The van der Waals surface area contributed by atoms with Gasteiger partial charge in [-0.2, -0.15) is 0 Å². The summed E-state index contributed by atoms with van der Waals surface area (Å²) >= 11 is 1.14. The molecule has 2 aromatic rings. The van der Waals surface area contributed by atoms with Crippen LogP contribution in [0.15, 0.2) is 18.2 Å². The number of nitrogens with zero attached hydrogens (tertiary/aromatic N) is 1. The molecule has 0 saturated heterocycles. The number of likely N-dealkylation sites (N-methyl/N-ethyl adjacent to an activating group) is 1. The summed E-state index contributed by atoms with van der Waals surface area (Å²) in [6, 6.07) is 4.62. The minimum atomic E-state index is -1.38. The van der Waals surface area contributed by atoms with Gasteiger partial charge in [0.1, 0.15) is 11.4 Å². The number of hydrogen-bond acceptors (Lipinski definition) is 4. The number of rotatable bonds is 5. The average Bonchev–Trinajstić information content (AvgIpc) is 2.86. The molecule has 1 heterocycles. The summed E-state index contributed by atoms with van der Waals surface area (Å²) in [4.78, 5) is 25.6. The van der Waals surface area contributed by atoms with Crippen molar-refractivity contribution in [2.45, 2.75) is 26.0 Å². The first-order valence-corrected chi connectivity index (χ1v) is 7.73. The fourth-order valence-corrected chi connectivity index (χ4v) is 3.37. The third-order valence-electron chi connectivity index (χ3n) is 3.91. The van der Waals surface area contributed by atoms with Crippen molar-refractivity contribution in [3.8, 4) is 0 Å². The van der Waals surface area contributed by atoms with Crippen LogP contribution < -0.4 is 0 Å². The second kappa shape index (κ2) is 6.25. The van der Waals surface area contributed by atoms with E-state index in [9.17, 15) is 19.1 Å². The van der Waals surface area contributed by atoms with E-state index in [4.69, 9.17) is 4.74 Å². The van der Waals surface area contributed by atoms with Gasteiger partial charge in [0.05, 0.1) is 11.5 Å². The van der Waals surface area contributed by atoms with E-state index in [-0.39, 0.29) is 6.61 Å². The van der Waals surface area contributed by atoms with E-state index >= 15 is 0 Å². The lowest BCUT2D eigenvalue weighted by Crippen LogP contribution is -2.50. The van der Waals surface area contributed by atoms with Crippen LogP contribution >= 0.6 is 11.3 Å². The second-order valence-electron chi connectivity index (χ2n) is 5.68. The molecule has 1 aromatic heterocycles. The van der Waals surface area contributed by atoms with Gasteiger partial charge in [-0.05, 0) is 26.0 Å². The molecule has 2 rings (SSSR count). The van der Waals surface area contributed by atoms with E-state index in [2.05, 4.69) is 0 Å². The summed E-state index contributed by atoms with van der Waals surface area (Å²) < 4.78 is 19.9. The number of fused-ring (bicyclic) bond motifs is 1. The maximum absolute atomic E-state index is 14.1. The van der Waals surface area contributed by atoms with Crippen LogP contribution in [0.3, 0.4) is 0 Å². The molecule has 124 valence electrons. The number of carboxylic acid groups (broad SMARTS) is 1. The van der Waals surface area contributed by atoms with E-state index in [1.165, 1.54) is 34.1 Å². The van der Waals surface area contributed by atoms with Crippen molar-refractivity contribution in [2.75, 3.05) is 14.2 Å². The third kappa shape index (κ3) is 2.94. The number of aliphatic carboxylic acids is 1. The number of ether oxygens (including phenoxy) is 1. The van der Waals surface area contributed by atoms with Gasteiger partial charge < -0.3 is 14.7 Å². The highest BCUT2D eigenvalue weighted by molar-refractivity contribution is 7.21. The molecule has 0 aliphatic carbocycles. The van der Waals surface area contributed by atoms with E-state index in [0.29, 0.717) is 20.5 Å². The molecule has 1 aromatic carbocycles. The Kier molecular flexibility index (Phi) is 4.72. The second-order valence-corrected chi connectivity index (χ2v) is 6.74. The predicted octanol–water partition coefficient (Wildman–Crippen LogP) is 3.12. The van der Waals surface area contributed by atoms with E-state index < -0.39 is 23.2 Å².